The third-order valence-corrected chi connectivity index (χ3v) is 3.44. The molecule has 0 bridgehead atoms. The smallest absolute Gasteiger partial charge is 0.148 e. The number of nitrogen functional groups attached to an aromatic ring is 1. The van der Waals surface area contributed by atoms with Crippen molar-refractivity contribution in [1.82, 2.24) is 9.97 Å². The zero-order chi connectivity index (χ0) is 14.7. The number of hydrazine groups is 1. The van der Waals surface area contributed by atoms with Crippen molar-refractivity contribution in [2.24, 2.45) is 5.84 Å². The topological polar surface area (TPSA) is 75.9 Å². The highest BCUT2D eigenvalue weighted by Crippen LogP contribution is 2.32. The van der Waals surface area contributed by atoms with E-state index >= 15 is 0 Å². The van der Waals surface area contributed by atoms with Crippen LogP contribution in [-0.4, -0.2) is 9.97 Å². The molecule has 7 heteroatoms. The highest BCUT2D eigenvalue weighted by atomic mass is 79.9. The van der Waals surface area contributed by atoms with E-state index in [-0.39, 0.29) is 11.7 Å². The Kier molecular flexibility index (Phi) is 4.51. The first-order valence-electron chi connectivity index (χ1n) is 6.06. The lowest BCUT2D eigenvalue weighted by Gasteiger charge is -2.17. The molecular formula is C13H15BrFN5. The molecule has 0 unspecified atom stereocenters. The Labute approximate surface area is 124 Å². The van der Waals surface area contributed by atoms with Gasteiger partial charge in [-0.1, -0.05) is 13.8 Å². The molecule has 106 valence electrons. The second-order valence-corrected chi connectivity index (χ2v) is 5.39. The van der Waals surface area contributed by atoms with Crippen molar-refractivity contribution in [1.29, 1.82) is 0 Å². The van der Waals surface area contributed by atoms with Crippen molar-refractivity contribution in [2.45, 2.75) is 19.8 Å². The number of hydrogen-bond acceptors (Lipinski definition) is 5. The zero-order valence-electron chi connectivity index (χ0n) is 11.1. The van der Waals surface area contributed by atoms with E-state index in [1.54, 1.807) is 6.07 Å². The van der Waals surface area contributed by atoms with Crippen LogP contribution in [0.5, 0.6) is 0 Å². The molecule has 1 aromatic heterocycles. The Morgan fingerprint density at radius 3 is 2.55 bits per heavy atom. The fourth-order valence-electron chi connectivity index (χ4n) is 1.88. The molecule has 0 aliphatic carbocycles. The third kappa shape index (κ3) is 3.05. The van der Waals surface area contributed by atoms with Crippen molar-refractivity contribution in [2.75, 3.05) is 10.7 Å². The fourth-order valence-corrected chi connectivity index (χ4v) is 2.33. The number of rotatable bonds is 4. The van der Waals surface area contributed by atoms with Crippen molar-refractivity contribution >= 4 is 33.3 Å². The van der Waals surface area contributed by atoms with E-state index in [2.05, 4.69) is 36.6 Å². The van der Waals surface area contributed by atoms with Gasteiger partial charge in [-0.3, -0.25) is 0 Å². The van der Waals surface area contributed by atoms with Crippen LogP contribution < -0.4 is 16.6 Å². The van der Waals surface area contributed by atoms with Crippen LogP contribution in [-0.2, 0) is 0 Å². The lowest BCUT2D eigenvalue weighted by molar-refractivity contribution is 0.627. The van der Waals surface area contributed by atoms with Gasteiger partial charge in [-0.25, -0.2) is 20.2 Å². The number of benzene rings is 1. The molecule has 0 amide bonds. The Balaban J connectivity index is 2.43. The summed E-state index contributed by atoms with van der Waals surface area (Å²) in [5.41, 5.74) is 4.15. The van der Waals surface area contributed by atoms with Crippen molar-refractivity contribution in [3.8, 4) is 0 Å². The molecule has 1 heterocycles. The summed E-state index contributed by atoms with van der Waals surface area (Å²) in [4.78, 5) is 8.33. The molecule has 1 aromatic carbocycles. The van der Waals surface area contributed by atoms with E-state index in [9.17, 15) is 4.39 Å². The van der Waals surface area contributed by atoms with Crippen LogP contribution in [0.15, 0.2) is 29.0 Å². The summed E-state index contributed by atoms with van der Waals surface area (Å²) in [6.07, 6.45) is 1.42. The first-order valence-corrected chi connectivity index (χ1v) is 6.85. The molecule has 0 aliphatic rings. The van der Waals surface area contributed by atoms with Crippen molar-refractivity contribution < 1.29 is 4.39 Å². The van der Waals surface area contributed by atoms with Gasteiger partial charge in [-0.05, 0) is 40.0 Å². The van der Waals surface area contributed by atoms with E-state index in [1.165, 1.54) is 18.5 Å². The first kappa shape index (κ1) is 14.7. The summed E-state index contributed by atoms with van der Waals surface area (Å²) in [5, 5.41) is 3.16. The van der Waals surface area contributed by atoms with Crippen molar-refractivity contribution in [3.63, 3.8) is 0 Å². The molecule has 4 N–H and O–H groups in total. The highest BCUT2D eigenvalue weighted by Gasteiger charge is 2.15. The number of hydrogen-bond donors (Lipinski definition) is 3. The predicted octanol–water partition coefficient (Wildman–Crippen LogP) is 3.53. The van der Waals surface area contributed by atoms with Gasteiger partial charge in [0.25, 0.3) is 0 Å². The highest BCUT2D eigenvalue weighted by molar-refractivity contribution is 9.10. The van der Waals surface area contributed by atoms with Crippen LogP contribution in [0, 0.1) is 5.82 Å². The largest absolute Gasteiger partial charge is 0.339 e. The average Bonchev–Trinajstić information content (AvgIpc) is 2.41. The van der Waals surface area contributed by atoms with Gasteiger partial charge in [0, 0.05) is 10.0 Å². The maximum absolute atomic E-state index is 13.1. The van der Waals surface area contributed by atoms with Gasteiger partial charge in [-0.2, -0.15) is 0 Å². The van der Waals surface area contributed by atoms with Gasteiger partial charge >= 0.3 is 0 Å². The number of nitrogens with zero attached hydrogens (tertiary/aromatic N) is 2. The summed E-state index contributed by atoms with van der Waals surface area (Å²) >= 11 is 3.32. The van der Waals surface area contributed by atoms with Crippen LogP contribution in [0.3, 0.4) is 0 Å². The molecule has 2 aromatic rings. The Morgan fingerprint density at radius 2 is 1.95 bits per heavy atom. The maximum Gasteiger partial charge on any atom is 0.148 e. The monoisotopic (exact) mass is 339 g/mol. The van der Waals surface area contributed by atoms with E-state index in [4.69, 9.17) is 5.84 Å². The van der Waals surface area contributed by atoms with Gasteiger partial charge in [0.1, 0.15) is 23.8 Å². The summed E-state index contributed by atoms with van der Waals surface area (Å²) in [6, 6.07) is 4.41. The van der Waals surface area contributed by atoms with Crippen LogP contribution >= 0.6 is 15.9 Å². The minimum atomic E-state index is -0.307. The van der Waals surface area contributed by atoms with E-state index in [0.29, 0.717) is 16.1 Å². The molecule has 5 nitrogen and oxygen atoms in total. The number of anilines is 3. The molecule has 20 heavy (non-hydrogen) atoms. The van der Waals surface area contributed by atoms with Crippen LogP contribution in [0.2, 0.25) is 0 Å². The zero-order valence-corrected chi connectivity index (χ0v) is 12.7. The number of halogens is 2. The van der Waals surface area contributed by atoms with Gasteiger partial charge in [0.05, 0.1) is 5.69 Å². The summed E-state index contributed by atoms with van der Waals surface area (Å²) in [7, 11) is 0. The molecule has 0 atom stereocenters. The third-order valence-electron chi connectivity index (χ3n) is 2.78. The number of nitrogens with two attached hydrogens (primary N) is 1. The second-order valence-electron chi connectivity index (χ2n) is 4.53. The number of nitrogens with one attached hydrogen (secondary N) is 2. The minimum absolute atomic E-state index is 0.170. The van der Waals surface area contributed by atoms with E-state index < -0.39 is 0 Å². The van der Waals surface area contributed by atoms with Crippen LogP contribution in [0.25, 0.3) is 0 Å². The van der Waals surface area contributed by atoms with Gasteiger partial charge in [0.15, 0.2) is 0 Å². The lowest BCUT2D eigenvalue weighted by Crippen LogP contribution is -2.14. The normalized spacial score (nSPS) is 10.7. The molecular weight excluding hydrogens is 325 g/mol. The molecule has 0 radical (unpaired) electrons. The van der Waals surface area contributed by atoms with Gasteiger partial charge in [0.2, 0.25) is 0 Å². The second kappa shape index (κ2) is 6.15. The first-order chi connectivity index (χ1) is 9.52. The molecule has 0 saturated carbocycles. The maximum atomic E-state index is 13.1. The van der Waals surface area contributed by atoms with Crippen LogP contribution in [0.1, 0.15) is 25.3 Å². The Hall–Kier alpha value is -1.73. The van der Waals surface area contributed by atoms with Crippen molar-refractivity contribution in [3.05, 3.63) is 40.4 Å². The predicted molar refractivity (Wildman–Crippen MR) is 81.3 cm³/mol. The summed E-state index contributed by atoms with van der Waals surface area (Å²) < 4.78 is 13.7. The Morgan fingerprint density at radius 1 is 1.25 bits per heavy atom. The summed E-state index contributed by atoms with van der Waals surface area (Å²) in [5.74, 6) is 6.54. The molecule has 0 saturated heterocycles. The van der Waals surface area contributed by atoms with E-state index in [0.717, 1.165) is 11.3 Å². The van der Waals surface area contributed by atoms with Gasteiger partial charge < -0.3 is 10.7 Å². The van der Waals surface area contributed by atoms with Gasteiger partial charge in [-0.15, -0.1) is 0 Å². The standard InChI is InChI=1S/C13H15BrFN5/c1-7(2)11-12(17-6-18-13(11)20-16)19-10-4-3-8(15)5-9(10)14/h3-7H,16H2,1-2H3,(H2,17,18,19,20). The summed E-state index contributed by atoms with van der Waals surface area (Å²) in [6.45, 7) is 4.04. The van der Waals surface area contributed by atoms with Crippen LogP contribution in [0.4, 0.5) is 21.7 Å². The molecule has 0 spiro atoms. The SMILES string of the molecule is CC(C)c1c(NN)ncnc1Nc1ccc(F)cc1Br. The minimum Gasteiger partial charge on any atom is -0.339 e. The lowest BCUT2D eigenvalue weighted by atomic mass is 10.0. The Bertz CT molecular complexity index is 618. The molecule has 2 rings (SSSR count). The average molecular weight is 340 g/mol. The molecule has 0 fully saturated rings. The van der Waals surface area contributed by atoms with E-state index in [1.807, 2.05) is 13.8 Å². The molecule has 0 aliphatic heterocycles. The fraction of sp³-hybridized carbons (Fsp3) is 0.231. The quantitative estimate of drug-likeness (QED) is 0.586. The number of aromatic nitrogens is 2.